The van der Waals surface area contributed by atoms with Gasteiger partial charge in [0, 0.05) is 19.3 Å². The smallest absolute Gasteiger partial charge is 0.331 e. The molecule has 142 valence electrons. The lowest BCUT2D eigenvalue weighted by Crippen LogP contribution is -2.18. The lowest BCUT2D eigenvalue weighted by Gasteiger charge is -2.10. The molecule has 0 aliphatic rings. The SMILES string of the molecule is Cn1cncc1-c1nc(C(=O)Nc2nc3cccnc3s2)cc(C(F)(F)F)n1. The summed E-state index contributed by atoms with van der Waals surface area (Å²) in [6.07, 6.45) is -0.458. The Morgan fingerprint density at radius 2 is 2.07 bits per heavy atom. The number of pyridine rings is 1. The van der Waals surface area contributed by atoms with Crippen molar-refractivity contribution >= 4 is 32.7 Å². The van der Waals surface area contributed by atoms with Crippen LogP contribution in [0.4, 0.5) is 18.3 Å². The molecule has 0 spiro atoms. The van der Waals surface area contributed by atoms with Crippen LogP contribution in [0.15, 0.2) is 36.9 Å². The van der Waals surface area contributed by atoms with Crippen LogP contribution in [0.25, 0.3) is 21.9 Å². The van der Waals surface area contributed by atoms with Gasteiger partial charge in [-0.2, -0.15) is 13.2 Å². The number of hydrogen-bond acceptors (Lipinski definition) is 7. The molecule has 1 N–H and O–H groups in total. The maximum atomic E-state index is 13.3. The first-order valence-corrected chi connectivity index (χ1v) is 8.59. The number of carbonyl (C=O) groups excluding carboxylic acids is 1. The van der Waals surface area contributed by atoms with Gasteiger partial charge in [0.05, 0.1) is 12.5 Å². The highest BCUT2D eigenvalue weighted by atomic mass is 32.1. The zero-order valence-electron chi connectivity index (χ0n) is 14.1. The number of hydrogen-bond donors (Lipinski definition) is 1. The van der Waals surface area contributed by atoms with E-state index in [-0.39, 0.29) is 16.6 Å². The Morgan fingerprint density at radius 1 is 1.25 bits per heavy atom. The molecule has 0 aromatic carbocycles. The van der Waals surface area contributed by atoms with Gasteiger partial charge in [0.15, 0.2) is 11.0 Å². The van der Waals surface area contributed by atoms with Crippen molar-refractivity contribution in [3.05, 3.63) is 48.3 Å². The lowest BCUT2D eigenvalue weighted by atomic mass is 10.2. The van der Waals surface area contributed by atoms with Crippen LogP contribution in [-0.2, 0) is 13.2 Å². The highest BCUT2D eigenvalue weighted by Gasteiger charge is 2.34. The molecule has 0 atom stereocenters. The summed E-state index contributed by atoms with van der Waals surface area (Å²) in [6.45, 7) is 0. The van der Waals surface area contributed by atoms with Gasteiger partial charge in [-0.15, -0.1) is 0 Å². The lowest BCUT2D eigenvalue weighted by molar-refractivity contribution is -0.141. The average molecular weight is 405 g/mol. The molecule has 0 aliphatic heterocycles. The summed E-state index contributed by atoms with van der Waals surface area (Å²) in [6, 6.07) is 4.00. The normalized spacial score (nSPS) is 11.7. The fraction of sp³-hybridized carbons (Fsp3) is 0.125. The molecule has 4 heterocycles. The van der Waals surface area contributed by atoms with Crippen molar-refractivity contribution in [1.29, 1.82) is 0 Å². The predicted octanol–water partition coefficient (Wildman–Crippen LogP) is 3.15. The van der Waals surface area contributed by atoms with Gasteiger partial charge in [-0.25, -0.2) is 24.9 Å². The summed E-state index contributed by atoms with van der Waals surface area (Å²) < 4.78 is 41.2. The Morgan fingerprint density at radius 3 is 2.75 bits per heavy atom. The van der Waals surface area contributed by atoms with Crippen molar-refractivity contribution in [2.24, 2.45) is 7.05 Å². The summed E-state index contributed by atoms with van der Waals surface area (Å²) >= 11 is 1.10. The van der Waals surface area contributed by atoms with E-state index in [0.29, 0.717) is 16.4 Å². The van der Waals surface area contributed by atoms with Gasteiger partial charge >= 0.3 is 6.18 Å². The minimum absolute atomic E-state index is 0.202. The monoisotopic (exact) mass is 405 g/mol. The summed E-state index contributed by atoms with van der Waals surface area (Å²) in [4.78, 5) is 32.8. The number of halogens is 3. The molecular formula is C16H10F3N7OS. The van der Waals surface area contributed by atoms with Gasteiger partial charge in [-0.3, -0.25) is 10.1 Å². The number of imidazole rings is 1. The van der Waals surface area contributed by atoms with Gasteiger partial charge in [-0.1, -0.05) is 11.3 Å². The Hall–Kier alpha value is -3.41. The number of anilines is 1. The molecule has 0 fully saturated rings. The number of fused-ring (bicyclic) bond motifs is 1. The van der Waals surface area contributed by atoms with Gasteiger partial charge in [0.2, 0.25) is 0 Å². The van der Waals surface area contributed by atoms with Crippen LogP contribution in [0.3, 0.4) is 0 Å². The van der Waals surface area contributed by atoms with Gasteiger partial charge < -0.3 is 4.57 Å². The van der Waals surface area contributed by atoms with Gasteiger partial charge in [0.1, 0.15) is 27.4 Å². The number of alkyl halides is 3. The molecule has 0 aliphatic carbocycles. The van der Waals surface area contributed by atoms with Gasteiger partial charge in [0.25, 0.3) is 5.91 Å². The molecule has 1 amide bonds. The Balaban J connectivity index is 1.73. The van der Waals surface area contributed by atoms with Crippen molar-refractivity contribution in [3.8, 4) is 11.5 Å². The first kappa shape index (κ1) is 18.0. The molecule has 0 bridgehead atoms. The second-order valence-corrected chi connectivity index (χ2v) is 6.63. The standard InChI is InChI=1S/C16H10F3N7OS/c1-26-7-20-6-10(26)12-22-9(5-11(24-12)16(17,18)19)13(27)25-15-23-8-3-2-4-21-14(8)28-15/h2-7H,1H3,(H,23,25,27). The van der Waals surface area contributed by atoms with E-state index in [1.807, 2.05) is 0 Å². The number of thiazole rings is 1. The van der Waals surface area contributed by atoms with E-state index in [4.69, 9.17) is 0 Å². The number of rotatable bonds is 3. The Kier molecular flexibility index (Phi) is 4.26. The summed E-state index contributed by atoms with van der Waals surface area (Å²) in [7, 11) is 1.58. The van der Waals surface area contributed by atoms with Crippen molar-refractivity contribution in [2.45, 2.75) is 6.18 Å². The van der Waals surface area contributed by atoms with Crippen LogP contribution in [0.1, 0.15) is 16.2 Å². The Labute approximate surface area is 159 Å². The summed E-state index contributed by atoms with van der Waals surface area (Å²) in [5.41, 5.74) is -0.859. The number of aromatic nitrogens is 6. The fourth-order valence-electron chi connectivity index (χ4n) is 2.38. The maximum absolute atomic E-state index is 13.3. The van der Waals surface area contributed by atoms with Crippen LogP contribution in [0, 0.1) is 0 Å². The van der Waals surface area contributed by atoms with Crippen molar-refractivity contribution in [2.75, 3.05) is 5.32 Å². The largest absolute Gasteiger partial charge is 0.433 e. The molecule has 28 heavy (non-hydrogen) atoms. The Bertz CT molecular complexity index is 1150. The van der Waals surface area contributed by atoms with E-state index >= 15 is 0 Å². The first-order chi connectivity index (χ1) is 13.3. The topological polar surface area (TPSA) is 98.5 Å². The summed E-state index contributed by atoms with van der Waals surface area (Å²) in [5.74, 6) is -1.10. The van der Waals surface area contributed by atoms with Crippen LogP contribution < -0.4 is 5.32 Å². The summed E-state index contributed by atoms with van der Waals surface area (Å²) in [5, 5.41) is 2.66. The molecule has 4 aromatic heterocycles. The number of nitrogens with one attached hydrogen (secondary N) is 1. The molecule has 4 aromatic rings. The van der Waals surface area contributed by atoms with Crippen LogP contribution in [-0.4, -0.2) is 35.4 Å². The van der Waals surface area contributed by atoms with E-state index < -0.39 is 23.5 Å². The van der Waals surface area contributed by atoms with E-state index in [2.05, 4.69) is 30.2 Å². The molecular weight excluding hydrogens is 395 g/mol. The number of carbonyl (C=O) groups is 1. The van der Waals surface area contributed by atoms with Crippen molar-refractivity contribution in [3.63, 3.8) is 0 Å². The highest BCUT2D eigenvalue weighted by molar-refractivity contribution is 7.21. The third-order valence-corrected chi connectivity index (χ3v) is 4.58. The maximum Gasteiger partial charge on any atom is 0.433 e. The molecule has 0 radical (unpaired) electrons. The molecule has 4 rings (SSSR count). The van der Waals surface area contributed by atoms with E-state index in [9.17, 15) is 18.0 Å². The molecule has 0 saturated heterocycles. The van der Waals surface area contributed by atoms with Crippen LogP contribution in [0.5, 0.6) is 0 Å². The van der Waals surface area contributed by atoms with Crippen molar-refractivity contribution in [1.82, 2.24) is 29.5 Å². The number of nitrogens with zero attached hydrogens (tertiary/aromatic N) is 6. The minimum Gasteiger partial charge on any atom is -0.331 e. The molecule has 0 unspecified atom stereocenters. The highest BCUT2D eigenvalue weighted by Crippen LogP contribution is 2.30. The zero-order chi connectivity index (χ0) is 19.9. The zero-order valence-corrected chi connectivity index (χ0v) is 14.9. The van der Waals surface area contributed by atoms with E-state index in [1.165, 1.54) is 17.1 Å². The minimum atomic E-state index is -4.74. The third kappa shape index (κ3) is 3.41. The van der Waals surface area contributed by atoms with E-state index in [0.717, 1.165) is 11.3 Å². The van der Waals surface area contributed by atoms with Crippen LogP contribution >= 0.6 is 11.3 Å². The third-order valence-electron chi connectivity index (χ3n) is 3.68. The van der Waals surface area contributed by atoms with E-state index in [1.54, 1.807) is 25.4 Å². The van der Waals surface area contributed by atoms with Crippen LogP contribution in [0.2, 0.25) is 0 Å². The van der Waals surface area contributed by atoms with Gasteiger partial charge in [-0.05, 0) is 12.1 Å². The predicted molar refractivity (Wildman–Crippen MR) is 94.6 cm³/mol. The van der Waals surface area contributed by atoms with Crippen molar-refractivity contribution < 1.29 is 18.0 Å². The number of aryl methyl sites for hydroxylation is 1. The second kappa shape index (κ2) is 6.64. The molecule has 8 nitrogen and oxygen atoms in total. The first-order valence-electron chi connectivity index (χ1n) is 7.77. The quantitative estimate of drug-likeness (QED) is 0.562. The second-order valence-electron chi connectivity index (χ2n) is 5.65. The number of amides is 1. The molecule has 12 heteroatoms. The fourth-order valence-corrected chi connectivity index (χ4v) is 3.18. The average Bonchev–Trinajstić information content (AvgIpc) is 3.25. The molecule has 0 saturated carbocycles.